The Labute approximate surface area is 153 Å². The molecule has 0 spiro atoms. The molecule has 0 bridgehead atoms. The van der Waals surface area contributed by atoms with E-state index in [1.807, 2.05) is 0 Å². The van der Waals surface area contributed by atoms with E-state index in [2.05, 4.69) is 18.8 Å². The average Bonchev–Trinajstić information content (AvgIpc) is 2.91. The van der Waals surface area contributed by atoms with Crippen LogP contribution in [0, 0.1) is 5.92 Å². The summed E-state index contributed by atoms with van der Waals surface area (Å²) in [6, 6.07) is 0.272. The van der Waals surface area contributed by atoms with E-state index in [0.29, 0.717) is 0 Å². The van der Waals surface area contributed by atoms with Gasteiger partial charge in [0.15, 0.2) is 5.82 Å². The number of thiophene rings is 1. The number of H-pyrrole nitrogens is 1. The summed E-state index contributed by atoms with van der Waals surface area (Å²) in [6.45, 7) is 6.93. The third-order valence-corrected chi connectivity index (χ3v) is 7.35. The van der Waals surface area contributed by atoms with Crippen molar-refractivity contribution in [1.29, 1.82) is 0 Å². The predicted octanol–water partition coefficient (Wildman–Crippen LogP) is 3.02. The lowest BCUT2D eigenvalue weighted by Crippen LogP contribution is -3.12. The Morgan fingerprint density at radius 3 is 2.68 bits per heavy atom. The minimum absolute atomic E-state index is 0.0883. The van der Waals surface area contributed by atoms with Crippen molar-refractivity contribution in [3.63, 3.8) is 0 Å². The molecule has 3 heterocycles. The number of aromatic amines is 1. The molecule has 0 aromatic carbocycles. The van der Waals surface area contributed by atoms with Gasteiger partial charge in [-0.1, -0.05) is 13.3 Å². The van der Waals surface area contributed by atoms with E-state index in [4.69, 9.17) is 4.98 Å². The number of fused-ring (bicyclic) bond motifs is 3. The van der Waals surface area contributed by atoms with Crippen molar-refractivity contribution in [2.45, 2.75) is 71.3 Å². The van der Waals surface area contributed by atoms with Crippen LogP contribution in [0.25, 0.3) is 10.2 Å². The summed E-state index contributed by atoms with van der Waals surface area (Å²) < 4.78 is 0. The quantitative estimate of drug-likeness (QED) is 0.865. The molecule has 0 unspecified atom stereocenters. The van der Waals surface area contributed by atoms with E-state index in [1.165, 1.54) is 62.1 Å². The fourth-order valence-corrected chi connectivity index (χ4v) is 5.95. The van der Waals surface area contributed by atoms with Crippen molar-refractivity contribution in [2.24, 2.45) is 5.92 Å². The number of nitrogens with one attached hydrogen (secondary N) is 2. The lowest BCUT2D eigenvalue weighted by Gasteiger charge is -2.27. The van der Waals surface area contributed by atoms with Gasteiger partial charge in [-0.25, -0.2) is 4.98 Å². The summed E-state index contributed by atoms with van der Waals surface area (Å²) in [6.07, 6.45) is 9.97. The largest absolute Gasteiger partial charge is 0.326 e. The van der Waals surface area contributed by atoms with Crippen LogP contribution in [-0.2, 0) is 12.8 Å². The Morgan fingerprint density at radius 2 is 1.92 bits per heavy atom. The fraction of sp³-hybridized carbons (Fsp3) is 0.700. The molecule has 2 atom stereocenters. The maximum atomic E-state index is 12.8. The van der Waals surface area contributed by atoms with E-state index < -0.39 is 0 Å². The molecule has 25 heavy (non-hydrogen) atoms. The second kappa shape index (κ2) is 7.20. The maximum Gasteiger partial charge on any atom is 0.260 e. The Balaban J connectivity index is 1.67. The highest BCUT2D eigenvalue weighted by molar-refractivity contribution is 7.18. The van der Waals surface area contributed by atoms with Gasteiger partial charge in [0.05, 0.1) is 18.5 Å². The van der Waals surface area contributed by atoms with Gasteiger partial charge >= 0.3 is 0 Å². The summed E-state index contributed by atoms with van der Waals surface area (Å²) in [7, 11) is 0. The molecule has 5 heteroatoms. The lowest BCUT2D eigenvalue weighted by molar-refractivity contribution is -0.931. The van der Waals surface area contributed by atoms with Crippen LogP contribution in [0.3, 0.4) is 0 Å². The van der Waals surface area contributed by atoms with E-state index in [9.17, 15) is 4.79 Å². The van der Waals surface area contributed by atoms with E-state index in [1.54, 1.807) is 16.2 Å². The molecule has 1 fully saturated rings. The SMILES string of the molecule is C[C@H]1CCc2c(sc3nc([C@@H](C)[NH+]4CCCCCCC4)[nH]c(=O)c23)C1. The highest BCUT2D eigenvalue weighted by atomic mass is 32.1. The molecule has 1 aliphatic carbocycles. The first-order valence-electron chi connectivity index (χ1n) is 10.0. The summed E-state index contributed by atoms with van der Waals surface area (Å²) in [5.74, 6) is 1.61. The number of likely N-dealkylation sites (tertiary alicyclic amines) is 1. The number of nitrogens with zero attached hydrogens (tertiary/aromatic N) is 1. The summed E-state index contributed by atoms with van der Waals surface area (Å²) in [5, 5.41) is 0.880. The average molecular weight is 361 g/mol. The second-order valence-corrected chi connectivity index (χ2v) is 9.21. The van der Waals surface area contributed by atoms with Crippen molar-refractivity contribution >= 4 is 21.6 Å². The van der Waals surface area contributed by atoms with Gasteiger partial charge < -0.3 is 9.88 Å². The number of aryl methyl sites for hydroxylation is 1. The molecule has 2 aliphatic rings. The van der Waals surface area contributed by atoms with Gasteiger partial charge in [0.1, 0.15) is 10.9 Å². The van der Waals surface area contributed by atoms with Gasteiger partial charge in [0.2, 0.25) is 0 Å². The van der Waals surface area contributed by atoms with E-state index >= 15 is 0 Å². The first kappa shape index (κ1) is 17.2. The third kappa shape index (κ3) is 3.41. The second-order valence-electron chi connectivity index (χ2n) is 8.13. The van der Waals surface area contributed by atoms with E-state index in [-0.39, 0.29) is 11.6 Å². The van der Waals surface area contributed by atoms with Crippen molar-refractivity contribution in [3.05, 3.63) is 26.6 Å². The molecular formula is C20H30N3OS+. The van der Waals surface area contributed by atoms with Gasteiger partial charge in [-0.2, -0.15) is 0 Å². The minimum Gasteiger partial charge on any atom is -0.326 e. The number of quaternary nitrogens is 1. The molecule has 0 radical (unpaired) electrons. The lowest BCUT2D eigenvalue weighted by atomic mass is 9.89. The Morgan fingerprint density at radius 1 is 1.20 bits per heavy atom. The highest BCUT2D eigenvalue weighted by Crippen LogP contribution is 2.35. The molecular weight excluding hydrogens is 330 g/mol. The van der Waals surface area contributed by atoms with Gasteiger partial charge in [-0.3, -0.25) is 4.79 Å². The van der Waals surface area contributed by atoms with Crippen LogP contribution in [0.4, 0.5) is 0 Å². The topological polar surface area (TPSA) is 50.2 Å². The van der Waals surface area contributed by atoms with Crippen molar-refractivity contribution < 1.29 is 4.90 Å². The standard InChI is InChI=1S/C20H29N3OS/c1-13-8-9-15-16(12-13)25-20-17(15)19(24)21-18(22-20)14(2)23-10-6-4-3-5-7-11-23/h13-14H,3-12H2,1-2H3,(H,21,22,24)/p+1/t13-,14+/m0/s1. The normalized spacial score (nSPS) is 23.8. The van der Waals surface area contributed by atoms with Crippen molar-refractivity contribution in [3.8, 4) is 0 Å². The number of aromatic nitrogens is 2. The Kier molecular flexibility index (Phi) is 4.96. The van der Waals surface area contributed by atoms with Gasteiger partial charge in [0.25, 0.3) is 5.56 Å². The first-order valence-corrected chi connectivity index (χ1v) is 10.8. The molecule has 136 valence electrons. The van der Waals surface area contributed by atoms with Gasteiger partial charge in [-0.15, -0.1) is 11.3 Å². The van der Waals surface area contributed by atoms with Crippen LogP contribution in [0.15, 0.2) is 4.79 Å². The Bertz CT molecular complexity index is 801. The number of hydrogen-bond donors (Lipinski definition) is 2. The zero-order chi connectivity index (χ0) is 17.4. The molecule has 4 nitrogen and oxygen atoms in total. The highest BCUT2D eigenvalue weighted by Gasteiger charge is 2.26. The smallest absolute Gasteiger partial charge is 0.260 e. The molecule has 0 amide bonds. The maximum absolute atomic E-state index is 12.8. The number of rotatable bonds is 2. The van der Waals surface area contributed by atoms with Crippen LogP contribution in [0.1, 0.15) is 74.7 Å². The zero-order valence-electron chi connectivity index (χ0n) is 15.5. The monoisotopic (exact) mass is 360 g/mol. The summed E-state index contributed by atoms with van der Waals surface area (Å²) in [5.41, 5.74) is 1.37. The summed E-state index contributed by atoms with van der Waals surface area (Å²) >= 11 is 1.76. The Hall–Kier alpha value is -1.20. The van der Waals surface area contributed by atoms with Gasteiger partial charge in [0, 0.05) is 4.88 Å². The zero-order valence-corrected chi connectivity index (χ0v) is 16.3. The molecule has 1 aliphatic heterocycles. The molecule has 2 aromatic heterocycles. The molecule has 2 aromatic rings. The molecule has 1 saturated heterocycles. The van der Waals surface area contributed by atoms with Crippen molar-refractivity contribution in [2.75, 3.05) is 13.1 Å². The van der Waals surface area contributed by atoms with E-state index in [0.717, 1.165) is 34.8 Å². The summed E-state index contributed by atoms with van der Waals surface area (Å²) in [4.78, 5) is 24.9. The molecule has 2 N–H and O–H groups in total. The van der Waals surface area contributed by atoms with Crippen LogP contribution in [-0.4, -0.2) is 23.1 Å². The fourth-order valence-electron chi connectivity index (χ4n) is 4.56. The third-order valence-electron chi connectivity index (χ3n) is 6.20. The predicted molar refractivity (Wildman–Crippen MR) is 104 cm³/mol. The van der Waals surface area contributed by atoms with Gasteiger partial charge in [-0.05, 0) is 63.4 Å². The molecule has 0 saturated carbocycles. The van der Waals surface area contributed by atoms with Crippen LogP contribution in [0.5, 0.6) is 0 Å². The minimum atomic E-state index is 0.0883. The number of hydrogen-bond acceptors (Lipinski definition) is 3. The first-order chi connectivity index (χ1) is 12.1. The van der Waals surface area contributed by atoms with Crippen LogP contribution >= 0.6 is 11.3 Å². The van der Waals surface area contributed by atoms with Crippen LogP contribution < -0.4 is 10.5 Å². The van der Waals surface area contributed by atoms with Crippen molar-refractivity contribution in [1.82, 2.24) is 9.97 Å². The van der Waals surface area contributed by atoms with Crippen LogP contribution in [0.2, 0.25) is 0 Å². The molecule has 4 rings (SSSR count).